The molecule has 7 nitrogen and oxygen atoms in total. The first-order chi connectivity index (χ1) is 10.1. The summed E-state index contributed by atoms with van der Waals surface area (Å²) >= 11 is 0. The smallest absolute Gasteiger partial charge is 0.329 e. The molecule has 2 aromatic heterocycles. The summed E-state index contributed by atoms with van der Waals surface area (Å²) < 4.78 is 1.56. The minimum atomic E-state index is -0.927. The molecular weight excluding hydrogens is 270 g/mol. The van der Waals surface area contributed by atoms with Crippen molar-refractivity contribution in [1.82, 2.24) is 19.6 Å². The minimum absolute atomic E-state index is 0.478. The summed E-state index contributed by atoms with van der Waals surface area (Å²) in [7, 11) is 0. The van der Waals surface area contributed by atoms with Crippen LogP contribution in [0.2, 0.25) is 0 Å². The van der Waals surface area contributed by atoms with Gasteiger partial charge in [-0.05, 0) is 19.8 Å². The van der Waals surface area contributed by atoms with Crippen molar-refractivity contribution < 1.29 is 9.90 Å². The highest BCUT2D eigenvalue weighted by molar-refractivity contribution is 5.82. The predicted octanol–water partition coefficient (Wildman–Crippen LogP) is 2.02. The molecule has 2 N–H and O–H groups in total. The van der Waals surface area contributed by atoms with Gasteiger partial charge in [0.05, 0.1) is 0 Å². The number of nitrogens with zero attached hydrogens (tertiary/aromatic N) is 4. The number of anilines is 1. The summed E-state index contributed by atoms with van der Waals surface area (Å²) in [5, 5.41) is 17.1. The van der Waals surface area contributed by atoms with Gasteiger partial charge in [-0.25, -0.2) is 9.78 Å². The van der Waals surface area contributed by atoms with E-state index < -0.39 is 11.5 Å². The fourth-order valence-corrected chi connectivity index (χ4v) is 2.99. The van der Waals surface area contributed by atoms with Gasteiger partial charge < -0.3 is 10.4 Å². The van der Waals surface area contributed by atoms with Gasteiger partial charge in [0.25, 0.3) is 5.78 Å². The third-order valence-electron chi connectivity index (χ3n) is 4.11. The molecule has 0 atom stereocenters. The van der Waals surface area contributed by atoms with E-state index in [-0.39, 0.29) is 0 Å². The number of carboxylic acids is 1. The molecular formula is C14H19N5O2. The average molecular weight is 289 g/mol. The van der Waals surface area contributed by atoms with Crippen LogP contribution in [0.4, 0.5) is 5.82 Å². The quantitative estimate of drug-likeness (QED) is 0.840. The van der Waals surface area contributed by atoms with Crippen LogP contribution < -0.4 is 5.32 Å². The standard InChI is InChI=1S/C14H19N5O2/c1-10-8-11(19-13(17-10)15-9-16-19)18-14(12(20)21)6-4-2-3-5-7-14/h8-9,18H,2-7H2,1H3,(H,20,21). The molecule has 0 radical (unpaired) electrons. The van der Waals surface area contributed by atoms with E-state index in [1.165, 1.54) is 6.33 Å². The summed E-state index contributed by atoms with van der Waals surface area (Å²) in [6.07, 6.45) is 6.69. The lowest BCUT2D eigenvalue weighted by atomic mass is 9.90. The van der Waals surface area contributed by atoms with E-state index in [0.29, 0.717) is 24.4 Å². The Balaban J connectivity index is 2.01. The Labute approximate surface area is 122 Å². The Morgan fingerprint density at radius 1 is 1.33 bits per heavy atom. The van der Waals surface area contributed by atoms with Gasteiger partial charge in [-0.1, -0.05) is 25.7 Å². The maximum absolute atomic E-state index is 11.9. The fourth-order valence-electron chi connectivity index (χ4n) is 2.99. The predicted molar refractivity (Wildman–Crippen MR) is 77.2 cm³/mol. The zero-order chi connectivity index (χ0) is 14.9. The highest BCUT2D eigenvalue weighted by atomic mass is 16.4. The molecule has 112 valence electrons. The van der Waals surface area contributed by atoms with E-state index in [1.807, 2.05) is 13.0 Å². The van der Waals surface area contributed by atoms with Crippen LogP contribution in [0.3, 0.4) is 0 Å². The van der Waals surface area contributed by atoms with Crippen molar-refractivity contribution in [3.05, 3.63) is 18.1 Å². The van der Waals surface area contributed by atoms with Gasteiger partial charge in [0, 0.05) is 11.8 Å². The van der Waals surface area contributed by atoms with Gasteiger partial charge in [-0.15, -0.1) is 0 Å². The van der Waals surface area contributed by atoms with E-state index in [9.17, 15) is 9.90 Å². The van der Waals surface area contributed by atoms with Crippen molar-refractivity contribution in [2.75, 3.05) is 5.32 Å². The second-order valence-electron chi connectivity index (χ2n) is 5.68. The van der Waals surface area contributed by atoms with Crippen molar-refractivity contribution in [2.24, 2.45) is 0 Å². The molecule has 0 spiro atoms. The highest BCUT2D eigenvalue weighted by Gasteiger charge is 2.39. The zero-order valence-corrected chi connectivity index (χ0v) is 12.0. The number of rotatable bonds is 3. The Morgan fingerprint density at radius 2 is 2.05 bits per heavy atom. The number of nitrogens with one attached hydrogen (secondary N) is 1. The molecule has 1 saturated carbocycles. The number of carbonyl (C=O) groups is 1. The molecule has 2 aromatic rings. The van der Waals surface area contributed by atoms with Crippen LogP contribution in [-0.4, -0.2) is 36.2 Å². The van der Waals surface area contributed by atoms with Crippen LogP contribution in [0.15, 0.2) is 12.4 Å². The summed E-state index contributed by atoms with van der Waals surface area (Å²) in [5.41, 5.74) is -0.143. The molecule has 2 heterocycles. The molecule has 3 rings (SSSR count). The Kier molecular flexibility index (Phi) is 3.48. The summed E-state index contributed by atoms with van der Waals surface area (Å²) in [6, 6.07) is 1.82. The Bertz CT molecular complexity index is 658. The monoisotopic (exact) mass is 289 g/mol. The first-order valence-electron chi connectivity index (χ1n) is 7.30. The number of hydrogen-bond acceptors (Lipinski definition) is 5. The Morgan fingerprint density at radius 3 is 2.71 bits per heavy atom. The normalized spacial score (nSPS) is 18.3. The van der Waals surface area contributed by atoms with Crippen molar-refractivity contribution in [1.29, 1.82) is 0 Å². The van der Waals surface area contributed by atoms with Gasteiger partial charge in [0.15, 0.2) is 0 Å². The topological polar surface area (TPSA) is 92.4 Å². The van der Waals surface area contributed by atoms with E-state index >= 15 is 0 Å². The molecule has 0 bridgehead atoms. The minimum Gasteiger partial charge on any atom is -0.480 e. The lowest BCUT2D eigenvalue weighted by molar-refractivity contribution is -0.142. The van der Waals surface area contributed by atoms with Crippen LogP contribution in [0.5, 0.6) is 0 Å². The van der Waals surface area contributed by atoms with Gasteiger partial charge in [-0.2, -0.15) is 14.6 Å². The number of hydrogen-bond donors (Lipinski definition) is 2. The zero-order valence-electron chi connectivity index (χ0n) is 12.0. The van der Waals surface area contributed by atoms with E-state index in [1.54, 1.807) is 4.52 Å². The van der Waals surface area contributed by atoms with Gasteiger partial charge in [0.2, 0.25) is 0 Å². The molecule has 21 heavy (non-hydrogen) atoms. The number of aromatic nitrogens is 4. The molecule has 0 aromatic carbocycles. The summed E-state index contributed by atoms with van der Waals surface area (Å²) in [4.78, 5) is 20.2. The van der Waals surface area contributed by atoms with Gasteiger partial charge in [0.1, 0.15) is 17.7 Å². The SMILES string of the molecule is Cc1cc(NC2(C(=O)O)CCCCCC2)n2ncnc2n1. The van der Waals surface area contributed by atoms with Crippen LogP contribution in [0, 0.1) is 6.92 Å². The first-order valence-corrected chi connectivity index (χ1v) is 7.30. The maximum atomic E-state index is 11.9. The fraction of sp³-hybridized carbons (Fsp3) is 0.571. The van der Waals surface area contributed by atoms with Gasteiger partial charge in [-0.3, -0.25) is 0 Å². The van der Waals surface area contributed by atoms with Crippen LogP contribution >= 0.6 is 0 Å². The molecule has 1 fully saturated rings. The highest BCUT2D eigenvalue weighted by Crippen LogP contribution is 2.31. The third kappa shape index (κ3) is 2.55. The van der Waals surface area contributed by atoms with Crippen LogP contribution in [-0.2, 0) is 4.79 Å². The number of carboxylic acid groups (broad SMARTS) is 1. The molecule has 0 unspecified atom stereocenters. The first kappa shape index (κ1) is 13.8. The third-order valence-corrected chi connectivity index (χ3v) is 4.11. The molecule has 7 heteroatoms. The maximum Gasteiger partial charge on any atom is 0.329 e. The lowest BCUT2D eigenvalue weighted by Gasteiger charge is -2.30. The average Bonchev–Trinajstić information content (AvgIpc) is 2.77. The van der Waals surface area contributed by atoms with Gasteiger partial charge >= 0.3 is 5.97 Å². The second kappa shape index (κ2) is 5.31. The molecule has 0 amide bonds. The van der Waals surface area contributed by atoms with Crippen molar-refractivity contribution in [3.63, 3.8) is 0 Å². The largest absolute Gasteiger partial charge is 0.480 e. The molecule has 1 aliphatic carbocycles. The van der Waals surface area contributed by atoms with Crippen molar-refractivity contribution in [3.8, 4) is 0 Å². The molecule has 0 saturated heterocycles. The van der Waals surface area contributed by atoms with E-state index in [2.05, 4.69) is 20.4 Å². The lowest BCUT2D eigenvalue weighted by Crippen LogP contribution is -2.46. The van der Waals surface area contributed by atoms with Crippen LogP contribution in [0.1, 0.15) is 44.2 Å². The number of aliphatic carboxylic acids is 1. The number of fused-ring (bicyclic) bond motifs is 1. The summed E-state index contributed by atoms with van der Waals surface area (Å²) in [5.74, 6) is 0.318. The van der Waals surface area contributed by atoms with Crippen molar-refractivity contribution >= 4 is 17.6 Å². The van der Waals surface area contributed by atoms with Crippen LogP contribution in [0.25, 0.3) is 5.78 Å². The molecule has 0 aliphatic heterocycles. The van der Waals surface area contributed by atoms with Crippen molar-refractivity contribution in [2.45, 2.75) is 51.0 Å². The summed E-state index contributed by atoms with van der Waals surface area (Å²) in [6.45, 7) is 1.86. The number of aryl methyl sites for hydroxylation is 1. The molecule has 1 aliphatic rings. The van der Waals surface area contributed by atoms with E-state index in [4.69, 9.17) is 0 Å². The Hall–Kier alpha value is -2.18. The van der Waals surface area contributed by atoms with E-state index in [0.717, 1.165) is 31.4 Å². The second-order valence-corrected chi connectivity index (χ2v) is 5.68.